The van der Waals surface area contributed by atoms with Gasteiger partial charge in [-0.05, 0) is 49.3 Å². The Morgan fingerprint density at radius 3 is 2.75 bits per heavy atom. The Bertz CT molecular complexity index is 586. The average molecular weight is 287 g/mol. The highest BCUT2D eigenvalue weighted by Crippen LogP contribution is 2.38. The number of aromatic amines is 1. The van der Waals surface area contributed by atoms with Crippen molar-refractivity contribution in [3.05, 3.63) is 36.5 Å². The third kappa shape index (κ3) is 2.58. The summed E-state index contributed by atoms with van der Waals surface area (Å²) in [5.74, 6) is 1.18. The molecule has 5 heteroatoms. The van der Waals surface area contributed by atoms with E-state index in [9.17, 15) is 4.79 Å². The first-order valence-electron chi connectivity index (χ1n) is 6.73. The van der Waals surface area contributed by atoms with Crippen molar-refractivity contribution in [3.8, 4) is 11.3 Å². The van der Waals surface area contributed by atoms with Crippen LogP contribution in [0.2, 0.25) is 0 Å². The van der Waals surface area contributed by atoms with E-state index in [-0.39, 0.29) is 10.7 Å². The predicted molar refractivity (Wildman–Crippen MR) is 82.8 cm³/mol. The number of H-pyrrole nitrogens is 1. The second-order valence-electron chi connectivity index (χ2n) is 5.18. The van der Waals surface area contributed by atoms with Crippen LogP contribution in [0.5, 0.6) is 0 Å². The second-order valence-corrected chi connectivity index (χ2v) is 6.78. The summed E-state index contributed by atoms with van der Waals surface area (Å²) in [6.45, 7) is 2.03. The van der Waals surface area contributed by atoms with Gasteiger partial charge >= 0.3 is 0 Å². The first-order valence-corrected chi connectivity index (χ1v) is 7.71. The zero-order valence-corrected chi connectivity index (χ0v) is 12.2. The van der Waals surface area contributed by atoms with Crippen molar-refractivity contribution in [2.45, 2.75) is 24.5 Å². The molecule has 0 radical (unpaired) electrons. The molecule has 1 aromatic heterocycles. The van der Waals surface area contributed by atoms with Gasteiger partial charge in [-0.3, -0.25) is 9.89 Å². The molecule has 2 heterocycles. The Morgan fingerprint density at radius 2 is 2.15 bits per heavy atom. The topological polar surface area (TPSA) is 57.8 Å². The first kappa shape index (κ1) is 13.2. The molecule has 104 valence electrons. The molecule has 3 rings (SSSR count). The molecule has 1 amide bonds. The number of aromatic nitrogens is 2. The van der Waals surface area contributed by atoms with E-state index in [1.807, 2.05) is 37.3 Å². The van der Waals surface area contributed by atoms with E-state index in [2.05, 4.69) is 15.5 Å². The molecule has 1 aromatic carbocycles. The molecule has 0 spiro atoms. The van der Waals surface area contributed by atoms with Gasteiger partial charge in [-0.1, -0.05) is 12.1 Å². The van der Waals surface area contributed by atoms with Gasteiger partial charge in [-0.2, -0.15) is 5.10 Å². The molecule has 1 atom stereocenters. The van der Waals surface area contributed by atoms with Crippen LogP contribution in [0, 0.1) is 0 Å². The van der Waals surface area contributed by atoms with Gasteiger partial charge in [0.05, 0.1) is 10.4 Å². The standard InChI is InChI=1S/C15H17N3OS/c1-15(8-2-10-20-15)14(19)17-12-5-3-11(4-6-12)13-7-9-16-18-13/h3-7,9H,2,8,10H2,1H3,(H,16,18)(H,17,19). The first-order chi connectivity index (χ1) is 9.67. The van der Waals surface area contributed by atoms with Crippen LogP contribution in [-0.4, -0.2) is 26.6 Å². The number of nitrogens with one attached hydrogen (secondary N) is 2. The minimum absolute atomic E-state index is 0.106. The van der Waals surface area contributed by atoms with Crippen LogP contribution in [0.15, 0.2) is 36.5 Å². The van der Waals surface area contributed by atoms with Crippen LogP contribution < -0.4 is 5.32 Å². The quantitative estimate of drug-likeness (QED) is 0.910. The number of benzene rings is 1. The van der Waals surface area contributed by atoms with Crippen LogP contribution >= 0.6 is 11.8 Å². The summed E-state index contributed by atoms with van der Waals surface area (Å²) in [5, 5.41) is 9.87. The summed E-state index contributed by atoms with van der Waals surface area (Å²) < 4.78 is -0.276. The maximum Gasteiger partial charge on any atom is 0.240 e. The number of hydrogen-bond acceptors (Lipinski definition) is 3. The molecule has 1 aliphatic heterocycles. The number of rotatable bonds is 3. The summed E-state index contributed by atoms with van der Waals surface area (Å²) in [4.78, 5) is 12.3. The van der Waals surface area contributed by atoms with Crippen LogP contribution in [0.1, 0.15) is 19.8 Å². The Labute approximate surface area is 122 Å². The van der Waals surface area contributed by atoms with Crippen molar-refractivity contribution in [2.75, 3.05) is 11.1 Å². The number of hydrogen-bond donors (Lipinski definition) is 2. The highest BCUT2D eigenvalue weighted by Gasteiger charge is 2.37. The normalized spacial score (nSPS) is 21.9. The lowest BCUT2D eigenvalue weighted by molar-refractivity contribution is -0.118. The van der Waals surface area contributed by atoms with Crippen molar-refractivity contribution >= 4 is 23.4 Å². The molecular formula is C15H17N3OS. The van der Waals surface area contributed by atoms with Crippen molar-refractivity contribution in [2.24, 2.45) is 0 Å². The molecule has 1 aliphatic rings. The molecule has 20 heavy (non-hydrogen) atoms. The summed E-state index contributed by atoms with van der Waals surface area (Å²) in [7, 11) is 0. The molecule has 2 N–H and O–H groups in total. The molecule has 2 aromatic rings. The number of thioether (sulfide) groups is 1. The third-order valence-electron chi connectivity index (χ3n) is 3.65. The predicted octanol–water partition coefficient (Wildman–Crippen LogP) is 3.30. The smallest absolute Gasteiger partial charge is 0.240 e. The fourth-order valence-electron chi connectivity index (χ4n) is 2.37. The Kier molecular flexibility index (Phi) is 3.53. The minimum atomic E-state index is -0.276. The van der Waals surface area contributed by atoms with Gasteiger partial charge in [-0.15, -0.1) is 11.8 Å². The largest absolute Gasteiger partial charge is 0.325 e. The number of carbonyl (C=O) groups excluding carboxylic acids is 1. The van der Waals surface area contributed by atoms with Crippen LogP contribution in [-0.2, 0) is 4.79 Å². The van der Waals surface area contributed by atoms with Crippen LogP contribution in [0.3, 0.4) is 0 Å². The van der Waals surface area contributed by atoms with Gasteiger partial charge < -0.3 is 5.32 Å². The molecule has 0 saturated carbocycles. The van der Waals surface area contributed by atoms with E-state index in [1.165, 1.54) is 0 Å². The maximum absolute atomic E-state index is 12.3. The molecular weight excluding hydrogens is 270 g/mol. The summed E-state index contributed by atoms with van der Waals surface area (Å²) in [6.07, 6.45) is 3.80. The fourth-order valence-corrected chi connectivity index (χ4v) is 3.58. The minimum Gasteiger partial charge on any atom is -0.325 e. The number of nitrogens with zero attached hydrogens (tertiary/aromatic N) is 1. The lowest BCUT2D eigenvalue weighted by atomic mass is 10.0. The van der Waals surface area contributed by atoms with Gasteiger partial charge in [0.15, 0.2) is 0 Å². The molecule has 0 bridgehead atoms. The van der Waals surface area contributed by atoms with Crippen LogP contribution in [0.25, 0.3) is 11.3 Å². The van der Waals surface area contributed by atoms with E-state index < -0.39 is 0 Å². The lowest BCUT2D eigenvalue weighted by Gasteiger charge is -2.21. The van der Waals surface area contributed by atoms with E-state index >= 15 is 0 Å². The van der Waals surface area contributed by atoms with Gasteiger partial charge in [0.1, 0.15) is 0 Å². The van der Waals surface area contributed by atoms with Crippen molar-refractivity contribution in [3.63, 3.8) is 0 Å². The molecule has 1 fully saturated rings. The summed E-state index contributed by atoms with van der Waals surface area (Å²) in [5.41, 5.74) is 2.87. The van der Waals surface area contributed by atoms with Crippen molar-refractivity contribution in [1.29, 1.82) is 0 Å². The number of amides is 1. The monoisotopic (exact) mass is 287 g/mol. The average Bonchev–Trinajstić information content (AvgIpc) is 3.11. The van der Waals surface area contributed by atoms with Gasteiger partial charge in [0.2, 0.25) is 5.91 Å². The van der Waals surface area contributed by atoms with Crippen molar-refractivity contribution in [1.82, 2.24) is 10.2 Å². The SMILES string of the molecule is CC1(C(=O)Nc2ccc(-c3ccn[nH]3)cc2)CCCS1. The van der Waals surface area contributed by atoms with E-state index in [0.29, 0.717) is 0 Å². The summed E-state index contributed by atoms with van der Waals surface area (Å²) >= 11 is 1.75. The molecule has 4 nitrogen and oxygen atoms in total. The summed E-state index contributed by atoms with van der Waals surface area (Å²) in [6, 6.07) is 9.73. The zero-order valence-electron chi connectivity index (χ0n) is 11.3. The van der Waals surface area contributed by atoms with E-state index in [4.69, 9.17) is 0 Å². The Hall–Kier alpha value is -1.75. The van der Waals surface area contributed by atoms with Gasteiger partial charge in [0, 0.05) is 11.9 Å². The van der Waals surface area contributed by atoms with Gasteiger partial charge in [0.25, 0.3) is 0 Å². The zero-order chi connectivity index (χ0) is 14.0. The van der Waals surface area contributed by atoms with Crippen LogP contribution in [0.4, 0.5) is 5.69 Å². The van der Waals surface area contributed by atoms with E-state index in [0.717, 1.165) is 35.5 Å². The maximum atomic E-state index is 12.3. The number of anilines is 1. The highest BCUT2D eigenvalue weighted by molar-refractivity contribution is 8.01. The lowest BCUT2D eigenvalue weighted by Crippen LogP contribution is -2.34. The van der Waals surface area contributed by atoms with Crippen molar-refractivity contribution < 1.29 is 4.79 Å². The number of carbonyl (C=O) groups is 1. The second kappa shape index (κ2) is 5.32. The molecule has 1 unspecified atom stereocenters. The van der Waals surface area contributed by atoms with E-state index in [1.54, 1.807) is 18.0 Å². The van der Waals surface area contributed by atoms with Gasteiger partial charge in [-0.25, -0.2) is 0 Å². The third-order valence-corrected chi connectivity index (χ3v) is 5.17. The Morgan fingerprint density at radius 1 is 1.35 bits per heavy atom. The molecule has 0 aliphatic carbocycles. The Balaban J connectivity index is 1.71. The highest BCUT2D eigenvalue weighted by atomic mass is 32.2. The fraction of sp³-hybridized carbons (Fsp3) is 0.333. The molecule has 1 saturated heterocycles.